The topological polar surface area (TPSA) is 60.1 Å². The first-order chi connectivity index (χ1) is 15.6. The zero-order valence-electron chi connectivity index (χ0n) is 18.5. The second-order valence-corrected chi connectivity index (χ2v) is 7.52. The highest BCUT2D eigenvalue weighted by atomic mass is 16.5. The van der Waals surface area contributed by atoms with Crippen LogP contribution < -0.4 is 9.47 Å². The number of imidazole rings is 1. The first kappa shape index (κ1) is 21.2. The van der Waals surface area contributed by atoms with Gasteiger partial charge in [0.05, 0.1) is 23.7 Å². The second-order valence-electron chi connectivity index (χ2n) is 7.52. The molecule has 160 valence electrons. The van der Waals surface area contributed by atoms with Gasteiger partial charge in [-0.2, -0.15) is 5.26 Å². The summed E-state index contributed by atoms with van der Waals surface area (Å²) in [6.07, 6.45) is 1.83. The van der Waals surface area contributed by atoms with Crippen molar-refractivity contribution in [1.29, 1.82) is 5.26 Å². The Hall–Kier alpha value is -4.04. The van der Waals surface area contributed by atoms with E-state index < -0.39 is 0 Å². The van der Waals surface area contributed by atoms with Crippen molar-refractivity contribution in [3.05, 3.63) is 89.2 Å². The molecule has 4 aromatic rings. The minimum absolute atomic E-state index is 0.454. The average Bonchev–Trinajstić information content (AvgIpc) is 3.21. The lowest BCUT2D eigenvalue weighted by Crippen LogP contribution is -2.00. The van der Waals surface area contributed by atoms with E-state index in [1.54, 1.807) is 7.11 Å². The summed E-state index contributed by atoms with van der Waals surface area (Å²) in [5, 5.41) is 9.87. The second kappa shape index (κ2) is 9.40. The van der Waals surface area contributed by atoms with E-state index in [2.05, 4.69) is 48.7 Å². The fourth-order valence-electron chi connectivity index (χ4n) is 3.65. The Bertz CT molecular complexity index is 1310. The lowest BCUT2D eigenvalue weighted by atomic mass is 10.1. The molecule has 0 saturated carbocycles. The van der Waals surface area contributed by atoms with Gasteiger partial charge in [-0.1, -0.05) is 48.0 Å². The Morgan fingerprint density at radius 3 is 2.56 bits per heavy atom. The quantitative estimate of drug-likeness (QED) is 0.341. The molecular weight excluding hydrogens is 398 g/mol. The average molecular weight is 424 g/mol. The number of fused-ring (bicyclic) bond motifs is 1. The third-order valence-corrected chi connectivity index (χ3v) is 5.35. The normalized spacial score (nSPS) is 11.4. The molecule has 0 aliphatic rings. The number of rotatable bonds is 7. The standard InChI is InChI=1S/C27H25N3O2/c1-4-30-24-8-6-5-7-23(24)29-27(30)22(17-28)15-21-13-14-25(26(16-21)31-3)32-18-20-11-9-19(2)10-12-20/h5-16H,4,18H2,1-3H3/b22-15-. The molecule has 3 aromatic carbocycles. The summed E-state index contributed by atoms with van der Waals surface area (Å²) < 4.78 is 13.6. The highest BCUT2D eigenvalue weighted by molar-refractivity contribution is 5.91. The van der Waals surface area contributed by atoms with Crippen LogP contribution in [0.5, 0.6) is 11.5 Å². The Balaban J connectivity index is 1.63. The van der Waals surface area contributed by atoms with Crippen molar-refractivity contribution in [2.75, 3.05) is 7.11 Å². The van der Waals surface area contributed by atoms with Crippen LogP contribution in [0.25, 0.3) is 22.7 Å². The molecule has 0 atom stereocenters. The van der Waals surface area contributed by atoms with Crippen molar-refractivity contribution in [3.63, 3.8) is 0 Å². The van der Waals surface area contributed by atoms with Crippen molar-refractivity contribution >= 4 is 22.7 Å². The predicted octanol–water partition coefficient (Wildman–Crippen LogP) is 6.02. The highest BCUT2D eigenvalue weighted by Crippen LogP contribution is 2.31. The van der Waals surface area contributed by atoms with Crippen LogP contribution in [0.3, 0.4) is 0 Å². The van der Waals surface area contributed by atoms with Gasteiger partial charge in [0.15, 0.2) is 17.3 Å². The molecule has 1 heterocycles. The van der Waals surface area contributed by atoms with Crippen molar-refractivity contribution in [2.45, 2.75) is 27.0 Å². The van der Waals surface area contributed by atoms with E-state index in [0.29, 0.717) is 29.5 Å². The number of aryl methyl sites for hydroxylation is 2. The molecule has 0 N–H and O–H groups in total. The molecular formula is C27H25N3O2. The van der Waals surface area contributed by atoms with Gasteiger partial charge in [0.1, 0.15) is 12.7 Å². The zero-order chi connectivity index (χ0) is 22.5. The van der Waals surface area contributed by atoms with Crippen LogP contribution in [-0.2, 0) is 13.2 Å². The van der Waals surface area contributed by atoms with E-state index in [9.17, 15) is 5.26 Å². The molecule has 0 bridgehead atoms. The first-order valence-corrected chi connectivity index (χ1v) is 10.6. The summed E-state index contributed by atoms with van der Waals surface area (Å²) in [5.74, 6) is 1.94. The van der Waals surface area contributed by atoms with Gasteiger partial charge < -0.3 is 14.0 Å². The molecule has 0 spiro atoms. The van der Waals surface area contributed by atoms with Gasteiger partial charge in [-0.25, -0.2) is 4.98 Å². The van der Waals surface area contributed by atoms with Crippen LogP contribution >= 0.6 is 0 Å². The summed E-state index contributed by atoms with van der Waals surface area (Å²) in [7, 11) is 1.61. The molecule has 0 unspecified atom stereocenters. The zero-order valence-corrected chi connectivity index (χ0v) is 18.5. The molecule has 0 aliphatic carbocycles. The third-order valence-electron chi connectivity index (χ3n) is 5.35. The molecule has 0 amide bonds. The van der Waals surface area contributed by atoms with Crippen LogP contribution in [0, 0.1) is 18.3 Å². The number of nitrogens with zero attached hydrogens (tertiary/aromatic N) is 3. The minimum Gasteiger partial charge on any atom is -0.493 e. The minimum atomic E-state index is 0.454. The fourth-order valence-corrected chi connectivity index (χ4v) is 3.65. The van der Waals surface area contributed by atoms with E-state index >= 15 is 0 Å². The van der Waals surface area contributed by atoms with E-state index in [1.165, 1.54) is 5.56 Å². The molecule has 0 aliphatic heterocycles. The SMILES string of the molecule is CCn1c(/C(C#N)=C\c2ccc(OCc3ccc(C)cc3)c(OC)c2)nc2ccccc21. The molecule has 5 nitrogen and oxygen atoms in total. The summed E-state index contributed by atoms with van der Waals surface area (Å²) in [5.41, 5.74) is 5.54. The molecule has 0 fully saturated rings. The van der Waals surface area contributed by atoms with Gasteiger partial charge >= 0.3 is 0 Å². The number of methoxy groups -OCH3 is 1. The summed E-state index contributed by atoms with van der Waals surface area (Å²) in [6.45, 7) is 5.29. The van der Waals surface area contributed by atoms with Gasteiger partial charge in [-0.05, 0) is 55.3 Å². The number of benzene rings is 3. The van der Waals surface area contributed by atoms with Crippen LogP contribution in [-0.4, -0.2) is 16.7 Å². The van der Waals surface area contributed by atoms with E-state index in [4.69, 9.17) is 14.5 Å². The molecule has 32 heavy (non-hydrogen) atoms. The van der Waals surface area contributed by atoms with Crippen molar-refractivity contribution in [2.24, 2.45) is 0 Å². The molecule has 0 saturated heterocycles. The molecule has 4 rings (SSSR count). The van der Waals surface area contributed by atoms with Crippen LogP contribution in [0.1, 0.15) is 29.4 Å². The Morgan fingerprint density at radius 1 is 1.06 bits per heavy atom. The largest absolute Gasteiger partial charge is 0.493 e. The van der Waals surface area contributed by atoms with Gasteiger partial charge in [0.25, 0.3) is 0 Å². The van der Waals surface area contributed by atoms with Crippen molar-refractivity contribution in [1.82, 2.24) is 9.55 Å². The number of ether oxygens (including phenoxy) is 2. The Kier molecular flexibility index (Phi) is 6.23. The Morgan fingerprint density at radius 2 is 1.84 bits per heavy atom. The lowest BCUT2D eigenvalue weighted by Gasteiger charge is -2.12. The molecule has 0 radical (unpaired) electrons. The van der Waals surface area contributed by atoms with Gasteiger partial charge in [0.2, 0.25) is 0 Å². The number of para-hydroxylation sites is 2. The maximum absolute atomic E-state index is 9.87. The Labute approximate surface area is 188 Å². The van der Waals surface area contributed by atoms with E-state index in [1.807, 2.05) is 48.5 Å². The van der Waals surface area contributed by atoms with Gasteiger partial charge in [0, 0.05) is 6.54 Å². The molecule has 5 heteroatoms. The fraction of sp³-hybridized carbons (Fsp3) is 0.185. The van der Waals surface area contributed by atoms with E-state index in [0.717, 1.165) is 28.7 Å². The number of allylic oxidation sites excluding steroid dienone is 1. The van der Waals surface area contributed by atoms with Crippen LogP contribution in [0.15, 0.2) is 66.7 Å². The van der Waals surface area contributed by atoms with Gasteiger partial charge in [-0.3, -0.25) is 0 Å². The number of aromatic nitrogens is 2. The van der Waals surface area contributed by atoms with Crippen molar-refractivity contribution < 1.29 is 9.47 Å². The smallest absolute Gasteiger partial charge is 0.161 e. The first-order valence-electron chi connectivity index (χ1n) is 10.6. The maximum atomic E-state index is 9.87. The lowest BCUT2D eigenvalue weighted by molar-refractivity contribution is 0.284. The highest BCUT2D eigenvalue weighted by Gasteiger charge is 2.14. The van der Waals surface area contributed by atoms with Gasteiger partial charge in [-0.15, -0.1) is 0 Å². The van der Waals surface area contributed by atoms with E-state index in [-0.39, 0.29) is 0 Å². The summed E-state index contributed by atoms with van der Waals surface area (Å²) in [4.78, 5) is 4.70. The summed E-state index contributed by atoms with van der Waals surface area (Å²) in [6, 6.07) is 24.1. The number of nitriles is 1. The predicted molar refractivity (Wildman–Crippen MR) is 127 cm³/mol. The third kappa shape index (κ3) is 4.35. The van der Waals surface area contributed by atoms with Crippen LogP contribution in [0.4, 0.5) is 0 Å². The van der Waals surface area contributed by atoms with Crippen LogP contribution in [0.2, 0.25) is 0 Å². The summed E-state index contributed by atoms with van der Waals surface area (Å²) >= 11 is 0. The van der Waals surface area contributed by atoms with Crippen molar-refractivity contribution in [3.8, 4) is 17.6 Å². The molecule has 1 aromatic heterocycles. The monoisotopic (exact) mass is 423 g/mol. The number of hydrogen-bond acceptors (Lipinski definition) is 4. The maximum Gasteiger partial charge on any atom is 0.161 e. The number of hydrogen-bond donors (Lipinski definition) is 0.